The van der Waals surface area contributed by atoms with Crippen LogP contribution in [-0.2, 0) is 26.6 Å². The van der Waals surface area contributed by atoms with Crippen LogP contribution in [-0.4, -0.2) is 58.0 Å². The van der Waals surface area contributed by atoms with Crippen LogP contribution in [0.25, 0.3) is 0 Å². The maximum atomic E-state index is 5.42. The predicted molar refractivity (Wildman–Crippen MR) is 88.5 cm³/mol. The van der Waals surface area contributed by atoms with Crippen molar-refractivity contribution >= 4 is 18.3 Å². The number of hydrogen-bond acceptors (Lipinski definition) is 6. The molecule has 0 aliphatic heterocycles. The van der Waals surface area contributed by atoms with Crippen molar-refractivity contribution in [3.8, 4) is 0 Å². The molecule has 0 heterocycles. The average Bonchev–Trinajstić information content (AvgIpc) is 2.41. The van der Waals surface area contributed by atoms with Crippen LogP contribution in [0.1, 0.15) is 41.5 Å². The van der Waals surface area contributed by atoms with Gasteiger partial charge in [0.25, 0.3) is 0 Å². The van der Waals surface area contributed by atoms with E-state index in [4.69, 9.17) is 26.6 Å². The lowest BCUT2D eigenvalue weighted by Crippen LogP contribution is -2.49. The normalized spacial score (nSPS) is 11.4. The molecule has 0 rings (SSSR count). The van der Waals surface area contributed by atoms with Gasteiger partial charge in [0.1, 0.15) is 0 Å². The highest BCUT2D eigenvalue weighted by molar-refractivity contribution is 6.53. The zero-order valence-corrected chi connectivity index (χ0v) is 16.9. The molecule has 0 atom stereocenters. The van der Waals surface area contributed by atoms with Gasteiger partial charge in [-0.05, 0) is 48.1 Å². The molecule has 0 bridgehead atoms. The van der Waals surface area contributed by atoms with Crippen LogP contribution in [0.15, 0.2) is 0 Å². The van der Waals surface area contributed by atoms with Crippen molar-refractivity contribution in [2.45, 2.75) is 48.1 Å². The summed E-state index contributed by atoms with van der Waals surface area (Å²) in [6.07, 6.45) is 0. The minimum absolute atomic E-state index is 0.548. The first kappa shape index (κ1) is 23.5. The van der Waals surface area contributed by atoms with E-state index in [9.17, 15) is 0 Å². The fraction of sp³-hybridized carbons (Fsp3) is 1.00. The molecule has 0 aromatic carbocycles. The predicted octanol–water partition coefficient (Wildman–Crippen LogP) is 2.48. The molecule has 21 heavy (non-hydrogen) atoms. The van der Waals surface area contributed by atoms with Crippen LogP contribution in [0, 0.1) is 0 Å². The Hall–Kier alpha value is 0.194. The lowest BCUT2D eigenvalue weighted by Gasteiger charge is -2.26. The molecule has 0 radical (unpaired) electrons. The van der Waals surface area contributed by atoms with Crippen molar-refractivity contribution in [2.24, 2.45) is 0 Å². The van der Waals surface area contributed by atoms with Crippen molar-refractivity contribution in [1.82, 2.24) is 0 Å². The van der Waals surface area contributed by atoms with Crippen LogP contribution >= 0.6 is 0 Å². The van der Waals surface area contributed by atoms with Crippen LogP contribution in [0.3, 0.4) is 0 Å². The summed E-state index contributed by atoms with van der Waals surface area (Å²) in [7, 11) is -4.00. The Morgan fingerprint density at radius 1 is 0.571 bits per heavy atom. The second kappa shape index (κ2) is 16.6. The van der Waals surface area contributed by atoms with Gasteiger partial charge >= 0.3 is 18.3 Å². The van der Waals surface area contributed by atoms with Crippen LogP contribution < -0.4 is 0 Å². The number of rotatable bonds is 12. The molecule has 0 aliphatic carbocycles. The Labute approximate surface area is 133 Å². The van der Waals surface area contributed by atoms with E-state index in [1.165, 1.54) is 0 Å². The van der Waals surface area contributed by atoms with E-state index < -0.39 is 18.3 Å². The molecule has 0 aromatic rings. The van der Waals surface area contributed by atoms with Crippen LogP contribution in [0.2, 0.25) is 6.55 Å². The molecule has 0 aromatic heterocycles. The van der Waals surface area contributed by atoms with E-state index in [2.05, 4.69) is 0 Å². The standard InChI is InChI=1S/C8H20O4Si.C5H14O2Si/c1-5-9-13(10-6-2,11-7-3)12-8-4;1-4-6-8(3)7-5-2/h5-8H2,1-4H3;8H,4-5H2,1-3H3. The van der Waals surface area contributed by atoms with Gasteiger partial charge in [0.2, 0.25) is 0 Å². The van der Waals surface area contributed by atoms with E-state index >= 15 is 0 Å². The SMILES string of the molecule is CCO[SiH](C)OCC.CCO[Si](OCC)(OCC)OCC. The first-order valence-electron chi connectivity index (χ1n) is 7.84. The van der Waals surface area contributed by atoms with Gasteiger partial charge in [-0.2, -0.15) is 0 Å². The Morgan fingerprint density at radius 3 is 1.05 bits per heavy atom. The molecule has 6 nitrogen and oxygen atoms in total. The fourth-order valence-electron chi connectivity index (χ4n) is 1.47. The van der Waals surface area contributed by atoms with E-state index in [1.54, 1.807) is 0 Å². The third-order valence-electron chi connectivity index (χ3n) is 2.09. The maximum absolute atomic E-state index is 5.42. The van der Waals surface area contributed by atoms with Gasteiger partial charge in [-0.15, -0.1) is 0 Å². The van der Waals surface area contributed by atoms with Gasteiger partial charge in [-0.25, -0.2) is 0 Å². The molecule has 0 aliphatic rings. The molecule has 0 spiro atoms. The van der Waals surface area contributed by atoms with Gasteiger partial charge in [-0.1, -0.05) is 0 Å². The molecule has 130 valence electrons. The Kier molecular flexibility index (Phi) is 18.5. The second-order valence-corrected chi connectivity index (χ2v) is 7.67. The fourth-order valence-corrected chi connectivity index (χ4v) is 4.42. The summed E-state index contributed by atoms with van der Waals surface area (Å²) < 4.78 is 32.1. The highest BCUT2D eigenvalue weighted by atomic mass is 28.4. The molecule has 0 unspecified atom stereocenters. The topological polar surface area (TPSA) is 55.4 Å². The molecular formula is C13H34O6Si2. The van der Waals surface area contributed by atoms with Crippen molar-refractivity contribution in [1.29, 1.82) is 0 Å². The number of hydrogen-bond donors (Lipinski definition) is 0. The average molecular weight is 343 g/mol. The Morgan fingerprint density at radius 2 is 0.857 bits per heavy atom. The second-order valence-electron chi connectivity index (χ2n) is 3.71. The van der Waals surface area contributed by atoms with Crippen LogP contribution in [0.5, 0.6) is 0 Å². The third-order valence-corrected chi connectivity index (χ3v) is 6.26. The third kappa shape index (κ3) is 13.6. The van der Waals surface area contributed by atoms with Crippen molar-refractivity contribution in [3.05, 3.63) is 0 Å². The lowest BCUT2D eigenvalue weighted by atomic mass is 10.9. The lowest BCUT2D eigenvalue weighted by molar-refractivity contribution is -0.0247. The first-order chi connectivity index (χ1) is 10.1. The summed E-state index contributed by atoms with van der Waals surface area (Å²) in [6.45, 7) is 17.4. The molecular weight excluding hydrogens is 308 g/mol. The summed E-state index contributed by atoms with van der Waals surface area (Å²) in [6, 6.07) is 0. The summed E-state index contributed by atoms with van der Waals surface area (Å²) in [5, 5.41) is 0. The van der Waals surface area contributed by atoms with Crippen molar-refractivity contribution in [3.63, 3.8) is 0 Å². The molecule has 0 saturated heterocycles. The molecule has 0 fully saturated rings. The molecule has 0 saturated carbocycles. The Bertz CT molecular complexity index is 174. The summed E-state index contributed by atoms with van der Waals surface area (Å²) in [5.41, 5.74) is 0. The minimum Gasteiger partial charge on any atom is -0.397 e. The van der Waals surface area contributed by atoms with E-state index in [0.29, 0.717) is 26.4 Å². The zero-order valence-electron chi connectivity index (χ0n) is 14.8. The molecule has 0 amide bonds. The highest BCUT2D eigenvalue weighted by Gasteiger charge is 2.44. The van der Waals surface area contributed by atoms with E-state index in [1.807, 2.05) is 48.1 Å². The summed E-state index contributed by atoms with van der Waals surface area (Å²) in [4.78, 5) is 0. The van der Waals surface area contributed by atoms with Gasteiger partial charge in [0, 0.05) is 39.6 Å². The van der Waals surface area contributed by atoms with Crippen LogP contribution in [0.4, 0.5) is 0 Å². The smallest absolute Gasteiger partial charge is 0.397 e. The Balaban J connectivity index is 0. The van der Waals surface area contributed by atoms with Gasteiger partial charge < -0.3 is 26.6 Å². The van der Waals surface area contributed by atoms with E-state index in [0.717, 1.165) is 13.2 Å². The summed E-state index contributed by atoms with van der Waals surface area (Å²) in [5.74, 6) is 0. The van der Waals surface area contributed by atoms with Gasteiger partial charge in [0.05, 0.1) is 0 Å². The molecule has 8 heteroatoms. The highest BCUT2D eigenvalue weighted by Crippen LogP contribution is 2.11. The maximum Gasteiger partial charge on any atom is 0.679 e. The van der Waals surface area contributed by atoms with Gasteiger partial charge in [-0.3, -0.25) is 0 Å². The monoisotopic (exact) mass is 342 g/mol. The van der Waals surface area contributed by atoms with E-state index in [-0.39, 0.29) is 0 Å². The zero-order chi connectivity index (χ0) is 16.6. The summed E-state index contributed by atoms with van der Waals surface area (Å²) >= 11 is 0. The van der Waals surface area contributed by atoms with Crippen molar-refractivity contribution < 1.29 is 26.6 Å². The quantitative estimate of drug-likeness (QED) is 0.508. The minimum atomic E-state index is -2.80. The van der Waals surface area contributed by atoms with Crippen molar-refractivity contribution in [2.75, 3.05) is 39.6 Å². The molecule has 0 N–H and O–H groups in total. The largest absolute Gasteiger partial charge is 0.679 e. The first-order valence-corrected chi connectivity index (χ1v) is 11.6. The van der Waals surface area contributed by atoms with Gasteiger partial charge in [0.15, 0.2) is 0 Å².